The summed E-state index contributed by atoms with van der Waals surface area (Å²) < 4.78 is 21.0. The van der Waals surface area contributed by atoms with Gasteiger partial charge in [0.15, 0.2) is 0 Å². The lowest BCUT2D eigenvalue weighted by Crippen LogP contribution is -2.31. The third kappa shape index (κ3) is 20.7. The molecular formula is C18H36N4O6. The van der Waals surface area contributed by atoms with Gasteiger partial charge in [0.1, 0.15) is 13.2 Å². The van der Waals surface area contributed by atoms with Crippen LogP contribution in [0.1, 0.15) is 6.42 Å². The van der Waals surface area contributed by atoms with Gasteiger partial charge in [-0.15, -0.1) is 6.58 Å². The fraction of sp³-hybridized carbons (Fsp3) is 0.778. The van der Waals surface area contributed by atoms with E-state index in [1.807, 2.05) is 0 Å². The Morgan fingerprint density at radius 3 is 1.89 bits per heavy atom. The fourth-order valence-corrected chi connectivity index (χ4v) is 1.81. The number of amides is 2. The minimum Gasteiger partial charge on any atom is -0.378 e. The van der Waals surface area contributed by atoms with E-state index in [4.69, 9.17) is 24.7 Å². The first-order chi connectivity index (χ1) is 13.7. The summed E-state index contributed by atoms with van der Waals surface area (Å²) in [5.74, 6) is -0.378. The van der Waals surface area contributed by atoms with Gasteiger partial charge in [-0.3, -0.25) is 9.59 Å². The van der Waals surface area contributed by atoms with Gasteiger partial charge in [0.05, 0.1) is 39.6 Å². The summed E-state index contributed by atoms with van der Waals surface area (Å²) in [7, 11) is 0. The molecule has 0 heterocycles. The highest BCUT2D eigenvalue weighted by molar-refractivity contribution is 5.77. The molecule has 0 rings (SSSR count). The Labute approximate surface area is 167 Å². The molecule has 0 spiro atoms. The standard InChI is InChI=1S/C18H36N4O6/c1-2-5-20-7-9-25-11-13-28-16-18(24)22-8-10-26-12-14-27-15-17(23)21-6-3-4-19/h2,20H,1,3-16,19H2,(H,21,23)(H,22,24). The van der Waals surface area contributed by atoms with Gasteiger partial charge in [0.2, 0.25) is 11.8 Å². The minimum absolute atomic E-state index is 0.00292. The van der Waals surface area contributed by atoms with Gasteiger partial charge >= 0.3 is 0 Å². The molecule has 0 unspecified atom stereocenters. The predicted octanol–water partition coefficient (Wildman–Crippen LogP) is -1.59. The highest BCUT2D eigenvalue weighted by atomic mass is 16.5. The number of hydrogen-bond acceptors (Lipinski definition) is 8. The number of nitrogens with one attached hydrogen (secondary N) is 3. The lowest BCUT2D eigenvalue weighted by atomic mass is 10.4. The Hall–Kier alpha value is -1.56. The van der Waals surface area contributed by atoms with Crippen molar-refractivity contribution < 1.29 is 28.5 Å². The Balaban J connectivity index is 3.24. The topological polar surface area (TPSA) is 133 Å². The zero-order valence-corrected chi connectivity index (χ0v) is 16.7. The second kappa shape index (κ2) is 21.7. The molecule has 0 aromatic rings. The molecule has 10 heteroatoms. The number of ether oxygens (including phenoxy) is 4. The van der Waals surface area contributed by atoms with Gasteiger partial charge in [0.25, 0.3) is 0 Å². The molecule has 0 bridgehead atoms. The number of nitrogens with two attached hydrogens (primary N) is 1. The van der Waals surface area contributed by atoms with Crippen LogP contribution in [0.5, 0.6) is 0 Å². The van der Waals surface area contributed by atoms with Gasteiger partial charge in [0, 0.05) is 26.2 Å². The van der Waals surface area contributed by atoms with Crippen molar-refractivity contribution in [1.82, 2.24) is 16.0 Å². The molecule has 0 saturated heterocycles. The molecule has 28 heavy (non-hydrogen) atoms. The van der Waals surface area contributed by atoms with E-state index in [9.17, 15) is 9.59 Å². The van der Waals surface area contributed by atoms with Crippen LogP contribution in [0.25, 0.3) is 0 Å². The summed E-state index contributed by atoms with van der Waals surface area (Å²) in [5, 5.41) is 8.48. The third-order valence-electron chi connectivity index (χ3n) is 3.19. The molecule has 164 valence electrons. The summed E-state index contributed by atoms with van der Waals surface area (Å²) in [6.07, 6.45) is 2.53. The summed E-state index contributed by atoms with van der Waals surface area (Å²) >= 11 is 0. The smallest absolute Gasteiger partial charge is 0.246 e. The monoisotopic (exact) mass is 404 g/mol. The molecule has 2 amide bonds. The maximum absolute atomic E-state index is 11.5. The molecule has 0 aliphatic heterocycles. The fourth-order valence-electron chi connectivity index (χ4n) is 1.81. The quantitative estimate of drug-likeness (QED) is 0.133. The van der Waals surface area contributed by atoms with Gasteiger partial charge in [-0.25, -0.2) is 0 Å². The number of carbonyl (C=O) groups is 2. The molecule has 10 nitrogen and oxygen atoms in total. The van der Waals surface area contributed by atoms with Crippen LogP contribution in [0.3, 0.4) is 0 Å². The Kier molecular flexibility index (Phi) is 20.5. The van der Waals surface area contributed by atoms with Crippen LogP contribution < -0.4 is 21.7 Å². The van der Waals surface area contributed by atoms with E-state index in [-0.39, 0.29) is 25.0 Å². The van der Waals surface area contributed by atoms with Crippen molar-refractivity contribution >= 4 is 11.8 Å². The minimum atomic E-state index is -0.207. The van der Waals surface area contributed by atoms with Gasteiger partial charge in [-0.2, -0.15) is 0 Å². The van der Waals surface area contributed by atoms with E-state index in [1.165, 1.54) is 0 Å². The van der Waals surface area contributed by atoms with Gasteiger partial charge in [-0.1, -0.05) is 6.08 Å². The Morgan fingerprint density at radius 2 is 1.32 bits per heavy atom. The summed E-state index contributed by atoms with van der Waals surface area (Å²) in [6, 6.07) is 0. The first kappa shape index (κ1) is 26.4. The van der Waals surface area contributed by atoms with E-state index in [1.54, 1.807) is 6.08 Å². The van der Waals surface area contributed by atoms with E-state index in [0.717, 1.165) is 19.5 Å². The van der Waals surface area contributed by atoms with Crippen LogP contribution in [0, 0.1) is 0 Å². The van der Waals surface area contributed by atoms with Crippen LogP contribution in [0.4, 0.5) is 0 Å². The SMILES string of the molecule is C=CCNCCOCCOCC(=O)NCCOCCOCC(=O)NCCCN. The van der Waals surface area contributed by atoms with E-state index >= 15 is 0 Å². The van der Waals surface area contributed by atoms with Crippen molar-refractivity contribution in [2.75, 3.05) is 85.6 Å². The molecule has 0 aromatic carbocycles. The van der Waals surface area contributed by atoms with Crippen molar-refractivity contribution in [2.45, 2.75) is 6.42 Å². The summed E-state index contributed by atoms with van der Waals surface area (Å²) in [4.78, 5) is 22.9. The molecule has 0 radical (unpaired) electrons. The van der Waals surface area contributed by atoms with Crippen LogP contribution in [-0.4, -0.2) is 97.4 Å². The maximum Gasteiger partial charge on any atom is 0.246 e. The largest absolute Gasteiger partial charge is 0.378 e. The van der Waals surface area contributed by atoms with Crippen molar-refractivity contribution in [3.05, 3.63) is 12.7 Å². The number of hydrogen-bond donors (Lipinski definition) is 4. The second-order valence-electron chi connectivity index (χ2n) is 5.66. The van der Waals surface area contributed by atoms with Gasteiger partial charge < -0.3 is 40.6 Å². The first-order valence-corrected chi connectivity index (χ1v) is 9.56. The lowest BCUT2D eigenvalue weighted by Gasteiger charge is -2.08. The molecule has 5 N–H and O–H groups in total. The average Bonchev–Trinajstić information content (AvgIpc) is 2.69. The van der Waals surface area contributed by atoms with Crippen LogP contribution in [-0.2, 0) is 28.5 Å². The van der Waals surface area contributed by atoms with Crippen molar-refractivity contribution in [2.24, 2.45) is 5.73 Å². The molecule has 0 aromatic heterocycles. The van der Waals surface area contributed by atoms with E-state index in [0.29, 0.717) is 59.3 Å². The lowest BCUT2D eigenvalue weighted by molar-refractivity contribution is -0.127. The molecule has 0 atom stereocenters. The second-order valence-corrected chi connectivity index (χ2v) is 5.66. The van der Waals surface area contributed by atoms with Crippen molar-refractivity contribution in [3.8, 4) is 0 Å². The Bertz CT molecular complexity index is 398. The Morgan fingerprint density at radius 1 is 0.786 bits per heavy atom. The van der Waals surface area contributed by atoms with Crippen LogP contribution >= 0.6 is 0 Å². The molecule has 0 saturated carbocycles. The molecular weight excluding hydrogens is 368 g/mol. The average molecular weight is 405 g/mol. The van der Waals surface area contributed by atoms with Crippen molar-refractivity contribution in [3.63, 3.8) is 0 Å². The zero-order valence-electron chi connectivity index (χ0n) is 16.7. The first-order valence-electron chi connectivity index (χ1n) is 9.56. The van der Waals surface area contributed by atoms with E-state index in [2.05, 4.69) is 22.5 Å². The number of carbonyl (C=O) groups excluding carboxylic acids is 2. The zero-order chi connectivity index (χ0) is 20.7. The maximum atomic E-state index is 11.5. The van der Waals surface area contributed by atoms with Crippen molar-refractivity contribution in [1.29, 1.82) is 0 Å². The normalized spacial score (nSPS) is 10.6. The molecule has 0 fully saturated rings. The van der Waals surface area contributed by atoms with Crippen LogP contribution in [0.15, 0.2) is 12.7 Å². The third-order valence-corrected chi connectivity index (χ3v) is 3.19. The molecule has 0 aliphatic rings. The highest BCUT2D eigenvalue weighted by Crippen LogP contribution is 1.82. The molecule has 0 aliphatic carbocycles. The van der Waals surface area contributed by atoms with Gasteiger partial charge in [-0.05, 0) is 13.0 Å². The van der Waals surface area contributed by atoms with Crippen LogP contribution in [0.2, 0.25) is 0 Å². The predicted molar refractivity (Wildman–Crippen MR) is 106 cm³/mol. The highest BCUT2D eigenvalue weighted by Gasteiger charge is 2.02. The van der Waals surface area contributed by atoms with E-state index < -0.39 is 0 Å². The summed E-state index contributed by atoms with van der Waals surface area (Å²) in [5.41, 5.74) is 5.33. The number of rotatable bonds is 21. The summed E-state index contributed by atoms with van der Waals surface area (Å²) in [6.45, 7) is 8.98.